The van der Waals surface area contributed by atoms with Crippen molar-refractivity contribution < 1.29 is 13.9 Å². The zero-order valence-corrected chi connectivity index (χ0v) is 12.5. The number of methoxy groups -OCH3 is 1. The van der Waals surface area contributed by atoms with Gasteiger partial charge in [0.25, 0.3) is 0 Å². The van der Waals surface area contributed by atoms with Crippen LogP contribution in [0.3, 0.4) is 0 Å². The molecule has 4 heteroatoms. The highest BCUT2D eigenvalue weighted by molar-refractivity contribution is 5.74. The molecule has 0 aliphatic carbocycles. The summed E-state index contributed by atoms with van der Waals surface area (Å²) in [6, 6.07) is 6.43. The average Bonchev–Trinajstić information content (AvgIpc) is 2.83. The van der Waals surface area contributed by atoms with Crippen molar-refractivity contribution in [3.63, 3.8) is 0 Å². The standard InChI is InChI=1S/C16H22FNO2/c1-16(2,3)18-9-13(14(10-18)15(19)20-4)11-5-7-12(17)8-6-11/h5-8,13-14H,9-10H2,1-4H3/t13-,14+/m1/s1. The number of hydrogen-bond donors (Lipinski definition) is 0. The molecule has 0 saturated carbocycles. The third-order valence-corrected chi connectivity index (χ3v) is 4.07. The first kappa shape index (κ1) is 15.0. The van der Waals surface area contributed by atoms with Crippen molar-refractivity contribution in [3.05, 3.63) is 35.6 Å². The van der Waals surface area contributed by atoms with Crippen molar-refractivity contribution in [2.24, 2.45) is 5.92 Å². The van der Waals surface area contributed by atoms with Crippen LogP contribution < -0.4 is 0 Å². The van der Waals surface area contributed by atoms with Gasteiger partial charge in [0.2, 0.25) is 0 Å². The van der Waals surface area contributed by atoms with E-state index in [4.69, 9.17) is 4.74 Å². The summed E-state index contributed by atoms with van der Waals surface area (Å²) in [6.45, 7) is 7.87. The molecule has 0 N–H and O–H groups in total. The predicted molar refractivity (Wildman–Crippen MR) is 76.0 cm³/mol. The van der Waals surface area contributed by atoms with Crippen molar-refractivity contribution in [2.45, 2.75) is 32.2 Å². The minimum absolute atomic E-state index is 0.00104. The number of likely N-dealkylation sites (tertiary alicyclic amines) is 1. The van der Waals surface area contributed by atoms with Crippen molar-refractivity contribution in [1.82, 2.24) is 4.90 Å². The van der Waals surface area contributed by atoms with Gasteiger partial charge in [-0.25, -0.2) is 4.39 Å². The minimum atomic E-state index is -0.256. The van der Waals surface area contributed by atoms with Gasteiger partial charge in [0.15, 0.2) is 0 Å². The van der Waals surface area contributed by atoms with E-state index in [0.29, 0.717) is 6.54 Å². The van der Waals surface area contributed by atoms with Crippen LogP contribution in [0.25, 0.3) is 0 Å². The van der Waals surface area contributed by atoms with Gasteiger partial charge < -0.3 is 4.74 Å². The molecule has 1 fully saturated rings. The highest BCUT2D eigenvalue weighted by atomic mass is 19.1. The fourth-order valence-electron chi connectivity index (χ4n) is 2.79. The quantitative estimate of drug-likeness (QED) is 0.780. The van der Waals surface area contributed by atoms with Crippen LogP contribution >= 0.6 is 0 Å². The van der Waals surface area contributed by atoms with Crippen molar-refractivity contribution in [3.8, 4) is 0 Å². The number of ether oxygens (including phenoxy) is 1. The van der Waals surface area contributed by atoms with Crippen molar-refractivity contribution in [1.29, 1.82) is 0 Å². The molecule has 1 aromatic rings. The second kappa shape index (κ2) is 5.52. The second-order valence-electron chi connectivity index (χ2n) is 6.36. The van der Waals surface area contributed by atoms with E-state index >= 15 is 0 Å². The normalized spacial score (nSPS) is 23.9. The Kier molecular flexibility index (Phi) is 4.14. The summed E-state index contributed by atoms with van der Waals surface area (Å²) >= 11 is 0. The van der Waals surface area contributed by atoms with E-state index in [2.05, 4.69) is 25.7 Å². The molecule has 20 heavy (non-hydrogen) atoms. The van der Waals surface area contributed by atoms with Crippen LogP contribution in [0.1, 0.15) is 32.3 Å². The molecule has 0 bridgehead atoms. The van der Waals surface area contributed by atoms with Gasteiger partial charge in [-0.3, -0.25) is 9.69 Å². The van der Waals surface area contributed by atoms with E-state index in [-0.39, 0.29) is 29.2 Å². The number of hydrogen-bond acceptors (Lipinski definition) is 3. The molecular weight excluding hydrogens is 257 g/mol. The molecule has 0 spiro atoms. The van der Waals surface area contributed by atoms with Crippen LogP contribution in [0.2, 0.25) is 0 Å². The zero-order valence-electron chi connectivity index (χ0n) is 12.5. The number of esters is 1. The molecule has 110 valence electrons. The van der Waals surface area contributed by atoms with Gasteiger partial charge in [-0.05, 0) is 38.5 Å². The Morgan fingerprint density at radius 1 is 1.25 bits per heavy atom. The van der Waals surface area contributed by atoms with Crippen LogP contribution in [0, 0.1) is 11.7 Å². The van der Waals surface area contributed by atoms with Crippen LogP contribution in [0.5, 0.6) is 0 Å². The summed E-state index contributed by atoms with van der Waals surface area (Å²) < 4.78 is 18.0. The monoisotopic (exact) mass is 279 g/mol. The first-order valence-electron chi connectivity index (χ1n) is 6.91. The average molecular weight is 279 g/mol. The molecule has 1 saturated heterocycles. The predicted octanol–water partition coefficient (Wildman–Crippen LogP) is 2.81. The lowest BCUT2D eigenvalue weighted by molar-refractivity contribution is -0.145. The van der Waals surface area contributed by atoms with E-state index in [0.717, 1.165) is 12.1 Å². The van der Waals surface area contributed by atoms with E-state index in [1.807, 2.05) is 0 Å². The number of carbonyl (C=O) groups is 1. The fraction of sp³-hybridized carbons (Fsp3) is 0.562. The molecule has 3 nitrogen and oxygen atoms in total. The topological polar surface area (TPSA) is 29.5 Å². The smallest absolute Gasteiger partial charge is 0.310 e. The number of carbonyl (C=O) groups excluding carboxylic acids is 1. The molecule has 2 rings (SSSR count). The highest BCUT2D eigenvalue weighted by Gasteiger charge is 2.42. The van der Waals surface area contributed by atoms with Gasteiger partial charge in [-0.15, -0.1) is 0 Å². The second-order valence-corrected chi connectivity index (χ2v) is 6.36. The third-order valence-electron chi connectivity index (χ3n) is 4.07. The lowest BCUT2D eigenvalue weighted by Gasteiger charge is -2.31. The SMILES string of the molecule is COC(=O)[C@H]1CN(C(C)(C)C)C[C@@H]1c1ccc(F)cc1. The molecule has 1 heterocycles. The maximum absolute atomic E-state index is 13.1. The summed E-state index contributed by atoms with van der Waals surface area (Å²) in [5.74, 6) is -0.577. The number of halogens is 1. The molecule has 1 aliphatic heterocycles. The molecule has 1 aromatic carbocycles. The van der Waals surface area contributed by atoms with Crippen molar-refractivity contribution in [2.75, 3.05) is 20.2 Å². The summed E-state index contributed by atoms with van der Waals surface area (Å²) in [4.78, 5) is 14.3. The lowest BCUT2D eigenvalue weighted by atomic mass is 9.89. The van der Waals surface area contributed by atoms with Gasteiger partial charge in [0.1, 0.15) is 5.82 Å². The number of nitrogens with zero attached hydrogens (tertiary/aromatic N) is 1. The maximum atomic E-state index is 13.1. The Hall–Kier alpha value is -1.42. The Morgan fingerprint density at radius 3 is 2.35 bits per heavy atom. The van der Waals surface area contributed by atoms with E-state index < -0.39 is 0 Å². The minimum Gasteiger partial charge on any atom is -0.469 e. The lowest BCUT2D eigenvalue weighted by Crippen LogP contribution is -2.40. The molecule has 0 unspecified atom stereocenters. The molecule has 2 atom stereocenters. The van der Waals surface area contributed by atoms with E-state index in [1.54, 1.807) is 12.1 Å². The molecular formula is C16H22FNO2. The highest BCUT2D eigenvalue weighted by Crippen LogP contribution is 2.36. The fourth-order valence-corrected chi connectivity index (χ4v) is 2.79. The summed E-state index contributed by atoms with van der Waals surface area (Å²) in [6.07, 6.45) is 0. The maximum Gasteiger partial charge on any atom is 0.310 e. The molecule has 1 aliphatic rings. The zero-order chi connectivity index (χ0) is 14.9. The van der Waals surface area contributed by atoms with E-state index in [1.165, 1.54) is 19.2 Å². The molecule has 0 radical (unpaired) electrons. The first-order chi connectivity index (χ1) is 9.32. The van der Waals surface area contributed by atoms with E-state index in [9.17, 15) is 9.18 Å². The van der Waals surface area contributed by atoms with Crippen LogP contribution in [-0.4, -0.2) is 36.6 Å². The van der Waals surface area contributed by atoms with Crippen LogP contribution in [0.15, 0.2) is 24.3 Å². The number of benzene rings is 1. The first-order valence-corrected chi connectivity index (χ1v) is 6.91. The van der Waals surface area contributed by atoms with Crippen LogP contribution in [-0.2, 0) is 9.53 Å². The Bertz CT molecular complexity index is 478. The molecule has 0 amide bonds. The Morgan fingerprint density at radius 2 is 1.85 bits per heavy atom. The molecule has 0 aromatic heterocycles. The van der Waals surface area contributed by atoms with Gasteiger partial charge >= 0.3 is 5.97 Å². The number of rotatable bonds is 2. The summed E-state index contributed by atoms with van der Waals surface area (Å²) in [7, 11) is 1.42. The van der Waals surface area contributed by atoms with Crippen LogP contribution in [0.4, 0.5) is 4.39 Å². The van der Waals surface area contributed by atoms with Gasteiger partial charge in [0.05, 0.1) is 13.0 Å². The summed E-state index contributed by atoms with van der Waals surface area (Å²) in [5.41, 5.74) is 0.995. The Balaban J connectivity index is 2.28. The Labute approximate surface area is 119 Å². The van der Waals surface area contributed by atoms with Gasteiger partial charge in [0, 0.05) is 24.5 Å². The third kappa shape index (κ3) is 3.01. The van der Waals surface area contributed by atoms with Crippen molar-refractivity contribution >= 4 is 5.97 Å². The largest absolute Gasteiger partial charge is 0.469 e. The summed E-state index contributed by atoms with van der Waals surface area (Å²) in [5, 5.41) is 0. The van der Waals surface area contributed by atoms with Gasteiger partial charge in [-0.1, -0.05) is 12.1 Å². The van der Waals surface area contributed by atoms with Gasteiger partial charge in [-0.2, -0.15) is 0 Å².